The SMILES string of the molecule is Cc1ccc(F)c(Oc2nccnc2C(=N)N)c1. The normalized spacial score (nSPS) is 10.1. The Hall–Kier alpha value is -2.50. The van der Waals surface area contributed by atoms with Gasteiger partial charge < -0.3 is 10.5 Å². The maximum Gasteiger partial charge on any atom is 0.249 e. The van der Waals surface area contributed by atoms with Crippen molar-refractivity contribution in [1.29, 1.82) is 5.41 Å². The van der Waals surface area contributed by atoms with Gasteiger partial charge in [-0.05, 0) is 24.6 Å². The molecule has 92 valence electrons. The first-order valence-electron chi connectivity index (χ1n) is 5.17. The molecule has 0 aliphatic carbocycles. The molecule has 0 aliphatic rings. The maximum atomic E-state index is 13.5. The highest BCUT2D eigenvalue weighted by atomic mass is 19.1. The van der Waals surface area contributed by atoms with Crippen LogP contribution in [0.2, 0.25) is 0 Å². The van der Waals surface area contributed by atoms with Crippen LogP contribution in [0.25, 0.3) is 0 Å². The van der Waals surface area contributed by atoms with Crippen LogP contribution in [0.1, 0.15) is 11.3 Å². The molecule has 0 saturated heterocycles. The van der Waals surface area contributed by atoms with Crippen LogP contribution in [0.4, 0.5) is 4.39 Å². The number of benzene rings is 1. The molecule has 6 heteroatoms. The number of nitrogens with two attached hydrogens (primary N) is 1. The molecule has 0 saturated carbocycles. The molecule has 1 aromatic carbocycles. The monoisotopic (exact) mass is 246 g/mol. The Morgan fingerprint density at radius 3 is 2.78 bits per heavy atom. The molecule has 0 spiro atoms. The lowest BCUT2D eigenvalue weighted by molar-refractivity contribution is 0.424. The minimum Gasteiger partial charge on any atom is -0.434 e. The lowest BCUT2D eigenvalue weighted by Gasteiger charge is -2.09. The second kappa shape index (κ2) is 4.79. The fourth-order valence-electron chi connectivity index (χ4n) is 1.38. The maximum absolute atomic E-state index is 13.5. The molecule has 0 fully saturated rings. The van der Waals surface area contributed by atoms with Gasteiger partial charge in [0.25, 0.3) is 0 Å². The number of halogens is 1. The third-order valence-electron chi connectivity index (χ3n) is 2.21. The van der Waals surface area contributed by atoms with Crippen molar-refractivity contribution in [2.45, 2.75) is 6.92 Å². The molecular weight excluding hydrogens is 235 g/mol. The van der Waals surface area contributed by atoms with Gasteiger partial charge in [0.15, 0.2) is 17.3 Å². The Bertz CT molecular complexity index is 600. The van der Waals surface area contributed by atoms with Gasteiger partial charge in [0, 0.05) is 12.4 Å². The highest BCUT2D eigenvalue weighted by Crippen LogP contribution is 2.25. The van der Waals surface area contributed by atoms with Crippen molar-refractivity contribution in [3.8, 4) is 11.6 Å². The van der Waals surface area contributed by atoms with E-state index in [1.165, 1.54) is 24.5 Å². The van der Waals surface area contributed by atoms with Gasteiger partial charge >= 0.3 is 0 Å². The van der Waals surface area contributed by atoms with Gasteiger partial charge in [-0.15, -0.1) is 0 Å². The van der Waals surface area contributed by atoms with Crippen molar-refractivity contribution in [2.24, 2.45) is 5.73 Å². The molecular formula is C12H11FN4O. The second-order valence-electron chi connectivity index (χ2n) is 3.66. The topological polar surface area (TPSA) is 84.9 Å². The number of aromatic nitrogens is 2. The summed E-state index contributed by atoms with van der Waals surface area (Å²) >= 11 is 0. The van der Waals surface area contributed by atoms with E-state index in [4.69, 9.17) is 15.9 Å². The first-order valence-corrected chi connectivity index (χ1v) is 5.17. The van der Waals surface area contributed by atoms with Gasteiger partial charge in [-0.1, -0.05) is 6.07 Å². The minimum absolute atomic E-state index is 0.00880. The Morgan fingerprint density at radius 2 is 2.06 bits per heavy atom. The Balaban J connectivity index is 2.40. The van der Waals surface area contributed by atoms with Crippen LogP contribution >= 0.6 is 0 Å². The second-order valence-corrected chi connectivity index (χ2v) is 3.66. The summed E-state index contributed by atoms with van der Waals surface area (Å²) in [7, 11) is 0. The van der Waals surface area contributed by atoms with Crippen LogP contribution in [0, 0.1) is 18.2 Å². The number of hydrogen-bond donors (Lipinski definition) is 2. The molecule has 2 aromatic rings. The van der Waals surface area contributed by atoms with Gasteiger partial charge in [-0.25, -0.2) is 14.4 Å². The van der Waals surface area contributed by atoms with Crippen LogP contribution in [-0.2, 0) is 0 Å². The van der Waals surface area contributed by atoms with Crippen molar-refractivity contribution in [2.75, 3.05) is 0 Å². The van der Waals surface area contributed by atoms with E-state index in [0.29, 0.717) is 0 Å². The van der Waals surface area contributed by atoms with Gasteiger partial charge in [0.05, 0.1) is 0 Å². The average Bonchev–Trinajstić information content (AvgIpc) is 2.34. The van der Waals surface area contributed by atoms with Crippen LogP contribution in [-0.4, -0.2) is 15.8 Å². The predicted octanol–water partition coefficient (Wildman–Crippen LogP) is 2.00. The molecule has 0 amide bonds. The van der Waals surface area contributed by atoms with Gasteiger partial charge in [-0.3, -0.25) is 5.41 Å². The van der Waals surface area contributed by atoms with E-state index in [9.17, 15) is 4.39 Å². The van der Waals surface area contributed by atoms with Gasteiger partial charge in [0.1, 0.15) is 5.84 Å². The van der Waals surface area contributed by atoms with E-state index in [2.05, 4.69) is 9.97 Å². The first kappa shape index (κ1) is 12.0. The van der Waals surface area contributed by atoms with Crippen molar-refractivity contribution >= 4 is 5.84 Å². The zero-order chi connectivity index (χ0) is 13.1. The molecule has 0 aliphatic heterocycles. The number of aryl methyl sites for hydroxylation is 1. The van der Waals surface area contributed by atoms with Gasteiger partial charge in [0.2, 0.25) is 5.88 Å². The number of rotatable bonds is 3. The van der Waals surface area contributed by atoms with Crippen LogP contribution in [0.5, 0.6) is 11.6 Å². The fourth-order valence-corrected chi connectivity index (χ4v) is 1.38. The minimum atomic E-state index is -0.513. The summed E-state index contributed by atoms with van der Waals surface area (Å²) in [5.41, 5.74) is 6.27. The molecule has 18 heavy (non-hydrogen) atoms. The molecule has 0 radical (unpaired) electrons. The zero-order valence-electron chi connectivity index (χ0n) is 9.64. The lowest BCUT2D eigenvalue weighted by Crippen LogP contribution is -2.15. The summed E-state index contributed by atoms with van der Waals surface area (Å²) in [6, 6.07) is 4.47. The van der Waals surface area contributed by atoms with Crippen molar-refractivity contribution in [1.82, 2.24) is 9.97 Å². The first-order chi connectivity index (χ1) is 8.58. The summed E-state index contributed by atoms with van der Waals surface area (Å²) in [4.78, 5) is 7.76. The van der Waals surface area contributed by atoms with E-state index >= 15 is 0 Å². The summed E-state index contributed by atoms with van der Waals surface area (Å²) in [5.74, 6) is -0.764. The fraction of sp³-hybridized carbons (Fsp3) is 0.0833. The van der Waals surface area contributed by atoms with E-state index in [1.54, 1.807) is 6.07 Å². The average molecular weight is 246 g/mol. The van der Waals surface area contributed by atoms with E-state index in [-0.39, 0.29) is 23.2 Å². The highest BCUT2D eigenvalue weighted by molar-refractivity contribution is 5.95. The zero-order valence-corrected chi connectivity index (χ0v) is 9.64. The number of nitrogens with zero attached hydrogens (tertiary/aromatic N) is 2. The van der Waals surface area contributed by atoms with Crippen LogP contribution < -0.4 is 10.5 Å². The highest BCUT2D eigenvalue weighted by Gasteiger charge is 2.12. The molecule has 0 bridgehead atoms. The van der Waals surface area contributed by atoms with E-state index in [0.717, 1.165) is 5.56 Å². The summed E-state index contributed by atoms with van der Waals surface area (Å²) < 4.78 is 18.8. The largest absolute Gasteiger partial charge is 0.434 e. The number of nitrogens with one attached hydrogen (secondary N) is 1. The quantitative estimate of drug-likeness (QED) is 0.640. The van der Waals surface area contributed by atoms with E-state index < -0.39 is 5.82 Å². The Morgan fingerprint density at radius 1 is 1.33 bits per heavy atom. The molecule has 1 aromatic heterocycles. The molecule has 3 N–H and O–H groups in total. The van der Waals surface area contributed by atoms with Crippen molar-refractivity contribution in [3.05, 3.63) is 47.7 Å². The Kier molecular flexibility index (Phi) is 3.18. The molecule has 2 rings (SSSR count). The van der Waals surface area contributed by atoms with Crippen LogP contribution in [0.3, 0.4) is 0 Å². The number of ether oxygens (including phenoxy) is 1. The van der Waals surface area contributed by atoms with Crippen LogP contribution in [0.15, 0.2) is 30.6 Å². The number of hydrogen-bond acceptors (Lipinski definition) is 4. The van der Waals surface area contributed by atoms with Crippen molar-refractivity contribution in [3.63, 3.8) is 0 Å². The lowest BCUT2D eigenvalue weighted by atomic mass is 10.2. The summed E-state index contributed by atoms with van der Waals surface area (Å²) in [5, 5.41) is 7.34. The standard InChI is InChI=1S/C12H11FN4O/c1-7-2-3-8(13)9(6-7)18-12-10(11(14)15)16-4-5-17-12/h2-6H,1H3,(H3,14,15). The summed E-state index contributed by atoms with van der Waals surface area (Å²) in [6.45, 7) is 1.81. The third kappa shape index (κ3) is 2.42. The molecule has 0 unspecified atom stereocenters. The number of nitrogen functional groups attached to an aromatic ring is 1. The van der Waals surface area contributed by atoms with Gasteiger partial charge in [-0.2, -0.15) is 0 Å². The smallest absolute Gasteiger partial charge is 0.249 e. The summed E-state index contributed by atoms with van der Waals surface area (Å²) in [6.07, 6.45) is 2.77. The van der Waals surface area contributed by atoms with E-state index in [1.807, 2.05) is 6.92 Å². The molecule has 0 atom stereocenters. The number of amidine groups is 1. The molecule has 1 heterocycles. The Labute approximate surface area is 103 Å². The van der Waals surface area contributed by atoms with Crippen molar-refractivity contribution < 1.29 is 9.13 Å². The molecule has 5 nitrogen and oxygen atoms in total. The third-order valence-corrected chi connectivity index (χ3v) is 2.21. The predicted molar refractivity (Wildman–Crippen MR) is 64.3 cm³/mol.